The fourth-order valence-electron chi connectivity index (χ4n) is 0.0417. The Morgan fingerprint density at radius 1 is 0.625 bits per heavy atom. The van der Waals surface area contributed by atoms with E-state index in [9.17, 15) is 0 Å². The molecule has 0 aliphatic carbocycles. The Morgan fingerprint density at radius 3 is 0.750 bits per heavy atom. The molecule has 8 heavy (non-hydrogen) atoms. The third-order valence-corrected chi connectivity index (χ3v) is 40.5. The van der Waals surface area contributed by atoms with Gasteiger partial charge in [0.1, 0.15) is 0 Å². The molecule has 0 amide bonds. The molecular weight excluding hydrogens is 338 g/mol. The van der Waals surface area contributed by atoms with Crippen molar-refractivity contribution >= 4 is 97.1 Å². The van der Waals surface area contributed by atoms with Gasteiger partial charge in [-0.15, -0.1) is 0 Å². The van der Waals surface area contributed by atoms with E-state index in [2.05, 4.69) is 16.8 Å². The molecule has 4 radical (unpaired) electrons. The van der Waals surface area contributed by atoms with Crippen LogP contribution >= 0.6 is 16.8 Å². The molecule has 1 aliphatic heterocycles. The second-order valence-corrected chi connectivity index (χ2v) is 24.3. The molecule has 1 aliphatic rings. The van der Waals surface area contributed by atoms with Gasteiger partial charge in [0.2, 0.25) is 0 Å². The molecule has 0 aromatic rings. The Kier molecular flexibility index (Phi) is 46.8. The van der Waals surface area contributed by atoms with E-state index in [4.69, 9.17) is 0 Å². The molecule has 0 N–H and O–H groups in total. The maximum absolute atomic E-state index is 2.25. The molecule has 0 spiro atoms. The molecule has 8 heteroatoms. The summed E-state index contributed by atoms with van der Waals surface area (Å²) in [5.74, 6) is 0. The van der Waals surface area contributed by atoms with Crippen LogP contribution in [0.5, 0.6) is 0 Å². The quantitative estimate of drug-likeness (QED) is 0.327. The molecule has 0 bridgehead atoms. The topological polar surface area (TPSA) is 0 Å². The normalized spacial score (nSPS) is 12.0. The zero-order valence-electron chi connectivity index (χ0n) is 3.61. The molecule has 1 fully saturated rings. The Labute approximate surface area is 95.7 Å². The predicted octanol–water partition coefficient (Wildman–Crippen LogP) is -0.546. The van der Waals surface area contributed by atoms with Gasteiger partial charge in [-0.1, -0.05) is 0 Å². The van der Waals surface area contributed by atoms with E-state index in [0.29, 0.717) is 26.3 Å². The molecule has 0 aromatic carbocycles. The Bertz CT molecular complexity index is 14.5. The second-order valence-electron chi connectivity index (χ2n) is 0.371. The van der Waals surface area contributed by atoms with Gasteiger partial charge >= 0.3 is 43.1 Å². The van der Waals surface area contributed by atoms with Crippen molar-refractivity contribution in [3.63, 3.8) is 0 Å². The van der Waals surface area contributed by atoms with Crippen LogP contribution in [-0.2, 0) is 54.0 Å². The maximum atomic E-state index is 2.25. The number of hydrogen-bond acceptors (Lipinski definition) is 6. The second kappa shape index (κ2) is 16.6. The van der Waals surface area contributed by atoms with Crippen molar-refractivity contribution in [2.24, 2.45) is 0 Å². The van der Waals surface area contributed by atoms with Gasteiger partial charge in [0.25, 0.3) is 0 Å². The average Bonchev–Trinajstić information content (AvgIpc) is 0.722. The summed E-state index contributed by atoms with van der Waals surface area (Å²) in [6.07, 6.45) is 0. The summed E-state index contributed by atoms with van der Waals surface area (Å²) < 4.78 is 0. The van der Waals surface area contributed by atoms with Crippen molar-refractivity contribution in [1.29, 1.82) is 0 Å². The van der Waals surface area contributed by atoms with Crippen molar-refractivity contribution in [2.75, 3.05) is 0 Å². The molecule has 0 nitrogen and oxygen atoms in total. The zero-order valence-corrected chi connectivity index (χ0v) is 13.0. The van der Waals surface area contributed by atoms with Crippen molar-refractivity contribution in [3.05, 3.63) is 0 Å². The Morgan fingerprint density at radius 2 is 0.750 bits per heavy atom. The van der Waals surface area contributed by atoms with Crippen molar-refractivity contribution in [3.8, 4) is 0 Å². The summed E-state index contributed by atoms with van der Waals surface area (Å²) in [5.41, 5.74) is 0. The molecule has 0 atom stereocenters. The first-order valence-electron chi connectivity index (χ1n) is 0.816. The number of rotatable bonds is 0. The van der Waals surface area contributed by atoms with Crippen LogP contribution in [0.3, 0.4) is 0 Å². The number of thiol groups is 4. The summed E-state index contributed by atoms with van der Waals surface area (Å²) >= 11 is 1.17. The molecule has 52 valence electrons. The molecule has 0 aromatic heterocycles. The monoisotopic (exact) mass is 344 g/mol. The molecule has 1 saturated heterocycles. The fourth-order valence-corrected chi connectivity index (χ4v) is 10.1. The van der Waals surface area contributed by atoms with Gasteiger partial charge < -0.3 is 54.0 Å². The Balaban J connectivity index is -0.0000000200. The molecule has 1 heterocycles. The van der Waals surface area contributed by atoms with Crippen LogP contribution in [0.4, 0.5) is 0 Å². The minimum absolute atomic E-state index is 0. The summed E-state index contributed by atoms with van der Waals surface area (Å²) in [5, 5.41) is 0. The van der Waals surface area contributed by atoms with Crippen LogP contribution in [0, 0.1) is 0 Å². The third kappa shape index (κ3) is 11.9. The molecule has 0 saturated carbocycles. The van der Waals surface area contributed by atoms with Gasteiger partial charge in [0, 0.05) is 0 Å². The van der Waals surface area contributed by atoms with E-state index >= 15 is 0 Å². The van der Waals surface area contributed by atoms with E-state index in [0.717, 1.165) is 0 Å². The third-order valence-electron chi connectivity index (χ3n) is 0.167. The van der Waals surface area contributed by atoms with Crippen LogP contribution in [0.2, 0.25) is 0 Å². The molecular formula is H4Ge2S6-4. The minimum atomic E-state index is 0. The van der Waals surface area contributed by atoms with E-state index in [1.807, 2.05) is 0 Å². The summed E-state index contributed by atoms with van der Waals surface area (Å²) in [7, 11) is 4.50. The first-order chi connectivity index (χ1) is 2.00. The molecule has 0 unspecified atom stereocenters. The van der Waals surface area contributed by atoms with Crippen LogP contribution < -0.4 is 0 Å². The van der Waals surface area contributed by atoms with Crippen LogP contribution in [0.15, 0.2) is 0 Å². The van der Waals surface area contributed by atoms with E-state index in [-0.39, 0.29) is 54.0 Å². The van der Waals surface area contributed by atoms with Gasteiger partial charge in [-0.2, -0.15) is 0 Å². The number of hydrogen-bond donors (Lipinski definition) is 0. The van der Waals surface area contributed by atoms with Gasteiger partial charge in [0.15, 0.2) is 0 Å². The van der Waals surface area contributed by atoms with Gasteiger partial charge in [-0.25, -0.2) is 0 Å². The zero-order chi connectivity index (χ0) is 2.83. The predicted molar refractivity (Wildman–Crippen MR) is 61.7 cm³/mol. The Hall–Kier alpha value is 3.19. The van der Waals surface area contributed by atoms with E-state index in [1.54, 1.807) is 0 Å². The first kappa shape index (κ1) is 22.5. The summed E-state index contributed by atoms with van der Waals surface area (Å²) in [6.45, 7) is 0. The SMILES string of the molecule is [SH-].[SH-].[SH-].[SH-].[S]1[Ge][S][Ge]1. The van der Waals surface area contributed by atoms with Crippen molar-refractivity contribution < 1.29 is 0 Å². The van der Waals surface area contributed by atoms with E-state index < -0.39 is 0 Å². The average molecular weight is 342 g/mol. The van der Waals surface area contributed by atoms with Crippen LogP contribution in [0.25, 0.3) is 0 Å². The summed E-state index contributed by atoms with van der Waals surface area (Å²) in [6, 6.07) is 0. The van der Waals surface area contributed by atoms with E-state index in [1.165, 1.54) is 0 Å². The van der Waals surface area contributed by atoms with Crippen molar-refractivity contribution in [2.45, 2.75) is 0 Å². The van der Waals surface area contributed by atoms with Crippen LogP contribution in [-0.4, -0.2) is 26.3 Å². The summed E-state index contributed by atoms with van der Waals surface area (Å²) in [4.78, 5) is 0. The van der Waals surface area contributed by atoms with Gasteiger partial charge in [-0.3, -0.25) is 0 Å². The standard InChI is InChI=1S/Ge2S2.4H2S/c1-3-2-4-1;;;;/h;4*1H2/p-4. The first-order valence-corrected chi connectivity index (χ1v) is 12.7. The fraction of sp³-hybridized carbons (Fsp3) is 0. The van der Waals surface area contributed by atoms with Crippen molar-refractivity contribution in [1.82, 2.24) is 0 Å². The van der Waals surface area contributed by atoms with Gasteiger partial charge in [0.05, 0.1) is 0 Å². The van der Waals surface area contributed by atoms with Gasteiger partial charge in [-0.05, 0) is 0 Å². The van der Waals surface area contributed by atoms with Crippen LogP contribution in [0.1, 0.15) is 0 Å². The molecule has 1 rings (SSSR count).